The molecule has 0 aliphatic rings. The van der Waals surface area contributed by atoms with Crippen molar-refractivity contribution in [1.82, 2.24) is 15.0 Å². The van der Waals surface area contributed by atoms with Gasteiger partial charge in [0.25, 0.3) is 5.91 Å². The summed E-state index contributed by atoms with van der Waals surface area (Å²) in [6.07, 6.45) is 1.64. The fourth-order valence-corrected chi connectivity index (χ4v) is 4.01. The lowest BCUT2D eigenvalue weighted by Gasteiger charge is -2.09. The Morgan fingerprint density at radius 3 is 2.61 bits per heavy atom. The van der Waals surface area contributed by atoms with E-state index in [1.807, 2.05) is 79.7 Å². The lowest BCUT2D eigenvalue weighted by molar-refractivity contribution is -0.118. The standard InChI is InChI=1S/C24H21ClN4OS/c1-17-6-8-18(9-7-17)14-26-28-23(30)16-31-24-27-21-4-2-3-5-22(21)29(24)15-19-10-12-20(25)13-11-19/h2-14H,15-16H2,1H3,(H,28,30)/b26-14-. The maximum Gasteiger partial charge on any atom is 0.250 e. The summed E-state index contributed by atoms with van der Waals surface area (Å²) in [5, 5.41) is 5.54. The summed E-state index contributed by atoms with van der Waals surface area (Å²) in [5.41, 5.74) is 7.73. The lowest BCUT2D eigenvalue weighted by Crippen LogP contribution is -2.20. The van der Waals surface area contributed by atoms with Crippen LogP contribution in [-0.4, -0.2) is 27.4 Å². The molecule has 0 bridgehead atoms. The van der Waals surface area contributed by atoms with Gasteiger partial charge in [0, 0.05) is 5.02 Å². The van der Waals surface area contributed by atoms with Crippen molar-refractivity contribution in [3.63, 3.8) is 0 Å². The first-order valence-electron chi connectivity index (χ1n) is 9.79. The molecule has 5 nitrogen and oxygen atoms in total. The zero-order valence-electron chi connectivity index (χ0n) is 17.0. The molecule has 0 aliphatic carbocycles. The van der Waals surface area contributed by atoms with Gasteiger partial charge in [-0.1, -0.05) is 77.5 Å². The molecular weight excluding hydrogens is 428 g/mol. The van der Waals surface area contributed by atoms with Crippen LogP contribution in [0.15, 0.2) is 83.1 Å². The van der Waals surface area contributed by atoms with E-state index in [1.54, 1.807) is 6.21 Å². The molecule has 0 spiro atoms. The number of benzene rings is 3. The topological polar surface area (TPSA) is 59.3 Å². The van der Waals surface area contributed by atoms with Crippen molar-refractivity contribution in [1.29, 1.82) is 0 Å². The molecule has 7 heteroatoms. The summed E-state index contributed by atoms with van der Waals surface area (Å²) in [5.74, 6) is 0.0355. The third-order valence-corrected chi connectivity index (χ3v) is 5.91. The SMILES string of the molecule is Cc1ccc(/C=N\NC(=O)CSc2nc3ccccc3n2Cc2ccc(Cl)cc2)cc1. The summed E-state index contributed by atoms with van der Waals surface area (Å²) in [6, 6.07) is 23.6. The first kappa shape index (κ1) is 21.2. The van der Waals surface area contributed by atoms with Crippen LogP contribution in [0.4, 0.5) is 0 Å². The zero-order chi connectivity index (χ0) is 21.6. The number of thioether (sulfide) groups is 1. The second kappa shape index (κ2) is 9.81. The Labute approximate surface area is 190 Å². The third-order valence-electron chi connectivity index (χ3n) is 4.69. The van der Waals surface area contributed by atoms with E-state index in [0.717, 1.165) is 27.3 Å². The van der Waals surface area contributed by atoms with E-state index in [1.165, 1.54) is 17.3 Å². The summed E-state index contributed by atoms with van der Waals surface area (Å²) < 4.78 is 2.12. The molecule has 0 unspecified atom stereocenters. The second-order valence-corrected chi connectivity index (χ2v) is 8.47. The van der Waals surface area contributed by atoms with Crippen molar-refractivity contribution in [2.24, 2.45) is 5.10 Å². The summed E-state index contributed by atoms with van der Waals surface area (Å²) in [6.45, 7) is 2.67. The minimum Gasteiger partial charge on any atom is -0.314 e. The van der Waals surface area contributed by atoms with E-state index < -0.39 is 0 Å². The predicted molar refractivity (Wildman–Crippen MR) is 128 cm³/mol. The molecule has 0 atom stereocenters. The Morgan fingerprint density at radius 2 is 1.84 bits per heavy atom. The van der Waals surface area contributed by atoms with Gasteiger partial charge in [-0.3, -0.25) is 4.79 Å². The van der Waals surface area contributed by atoms with Crippen LogP contribution in [0.3, 0.4) is 0 Å². The minimum absolute atomic E-state index is 0.182. The fraction of sp³-hybridized carbons (Fsp3) is 0.125. The number of carbonyl (C=O) groups is 1. The highest BCUT2D eigenvalue weighted by molar-refractivity contribution is 7.99. The van der Waals surface area contributed by atoms with Gasteiger partial charge in [0.05, 0.1) is 29.5 Å². The van der Waals surface area contributed by atoms with Crippen LogP contribution in [0.2, 0.25) is 5.02 Å². The number of imidazole rings is 1. The average Bonchev–Trinajstić information content (AvgIpc) is 3.12. The fourth-order valence-electron chi connectivity index (χ4n) is 3.08. The Bertz CT molecular complexity index is 1220. The van der Waals surface area contributed by atoms with Gasteiger partial charge in [-0.05, 0) is 42.3 Å². The first-order chi connectivity index (χ1) is 15.1. The number of fused-ring (bicyclic) bond motifs is 1. The van der Waals surface area contributed by atoms with Crippen LogP contribution in [0.1, 0.15) is 16.7 Å². The highest BCUT2D eigenvalue weighted by Gasteiger charge is 2.13. The Hall–Kier alpha value is -3.09. The molecule has 0 saturated heterocycles. The molecule has 1 aromatic heterocycles. The Morgan fingerprint density at radius 1 is 1.10 bits per heavy atom. The monoisotopic (exact) mass is 448 g/mol. The van der Waals surface area contributed by atoms with Crippen molar-refractivity contribution < 1.29 is 4.79 Å². The quantitative estimate of drug-likeness (QED) is 0.237. The van der Waals surface area contributed by atoms with Crippen LogP contribution < -0.4 is 5.43 Å². The second-order valence-electron chi connectivity index (χ2n) is 7.09. The number of nitrogens with one attached hydrogen (secondary N) is 1. The van der Waals surface area contributed by atoms with E-state index in [-0.39, 0.29) is 11.7 Å². The summed E-state index contributed by atoms with van der Waals surface area (Å²) in [7, 11) is 0. The van der Waals surface area contributed by atoms with Crippen LogP contribution in [0, 0.1) is 6.92 Å². The molecule has 4 rings (SSSR count). The number of aryl methyl sites for hydroxylation is 1. The molecule has 4 aromatic rings. The van der Waals surface area contributed by atoms with E-state index in [0.29, 0.717) is 11.6 Å². The van der Waals surface area contributed by atoms with E-state index in [9.17, 15) is 4.79 Å². The van der Waals surface area contributed by atoms with Crippen molar-refractivity contribution >= 4 is 46.5 Å². The highest BCUT2D eigenvalue weighted by Crippen LogP contribution is 2.25. The van der Waals surface area contributed by atoms with Crippen molar-refractivity contribution in [2.45, 2.75) is 18.6 Å². The van der Waals surface area contributed by atoms with Crippen molar-refractivity contribution in [3.05, 3.63) is 94.5 Å². The molecule has 31 heavy (non-hydrogen) atoms. The number of para-hydroxylation sites is 2. The van der Waals surface area contributed by atoms with Gasteiger partial charge in [-0.15, -0.1) is 0 Å². The smallest absolute Gasteiger partial charge is 0.250 e. The van der Waals surface area contributed by atoms with Gasteiger partial charge in [-0.25, -0.2) is 10.4 Å². The van der Waals surface area contributed by atoms with Crippen LogP contribution in [0.25, 0.3) is 11.0 Å². The Kier molecular flexibility index (Phi) is 6.70. The largest absolute Gasteiger partial charge is 0.314 e. The molecule has 156 valence electrons. The first-order valence-corrected chi connectivity index (χ1v) is 11.2. The van der Waals surface area contributed by atoms with Crippen molar-refractivity contribution in [2.75, 3.05) is 5.75 Å². The van der Waals surface area contributed by atoms with Gasteiger partial charge >= 0.3 is 0 Å². The number of halogens is 1. The normalized spacial score (nSPS) is 11.3. The predicted octanol–water partition coefficient (Wildman–Crippen LogP) is 5.29. The number of hydrogen-bond acceptors (Lipinski definition) is 4. The Balaban J connectivity index is 1.44. The number of carbonyl (C=O) groups excluding carboxylic acids is 1. The average molecular weight is 449 g/mol. The molecule has 1 amide bonds. The van der Waals surface area contributed by atoms with E-state index >= 15 is 0 Å². The summed E-state index contributed by atoms with van der Waals surface area (Å²) >= 11 is 7.40. The lowest BCUT2D eigenvalue weighted by atomic mass is 10.2. The molecule has 1 heterocycles. The molecule has 1 N–H and O–H groups in total. The van der Waals surface area contributed by atoms with Crippen LogP contribution in [0.5, 0.6) is 0 Å². The molecular formula is C24H21ClN4OS. The molecule has 0 fully saturated rings. The number of hydrazone groups is 1. The van der Waals surface area contributed by atoms with Crippen molar-refractivity contribution in [3.8, 4) is 0 Å². The highest BCUT2D eigenvalue weighted by atomic mass is 35.5. The summed E-state index contributed by atoms with van der Waals surface area (Å²) in [4.78, 5) is 17.0. The number of rotatable bonds is 7. The third kappa shape index (κ3) is 5.54. The van der Waals surface area contributed by atoms with Gasteiger partial charge in [-0.2, -0.15) is 5.10 Å². The molecule has 3 aromatic carbocycles. The minimum atomic E-state index is -0.182. The maximum absolute atomic E-state index is 12.3. The maximum atomic E-state index is 12.3. The van der Waals surface area contributed by atoms with Crippen LogP contribution >= 0.6 is 23.4 Å². The zero-order valence-corrected chi connectivity index (χ0v) is 18.5. The van der Waals surface area contributed by atoms with Crippen LogP contribution in [-0.2, 0) is 11.3 Å². The number of nitrogens with zero attached hydrogens (tertiary/aromatic N) is 3. The number of aromatic nitrogens is 2. The molecule has 0 aliphatic heterocycles. The molecule has 0 saturated carbocycles. The number of hydrogen-bond donors (Lipinski definition) is 1. The molecule has 0 radical (unpaired) electrons. The van der Waals surface area contributed by atoms with Gasteiger partial charge in [0.2, 0.25) is 0 Å². The van der Waals surface area contributed by atoms with Gasteiger partial charge in [0.15, 0.2) is 5.16 Å². The van der Waals surface area contributed by atoms with Gasteiger partial charge < -0.3 is 4.57 Å². The van der Waals surface area contributed by atoms with E-state index in [4.69, 9.17) is 16.6 Å². The van der Waals surface area contributed by atoms with E-state index in [2.05, 4.69) is 15.1 Å². The van der Waals surface area contributed by atoms with Gasteiger partial charge in [0.1, 0.15) is 0 Å². The number of amides is 1.